The minimum absolute atomic E-state index is 0.0208. The molecule has 3 atom stereocenters. The topological polar surface area (TPSA) is 181 Å². The molecule has 0 aromatic carbocycles. The number of ketones is 1. The molecule has 0 rings (SSSR count). The zero-order valence-corrected chi connectivity index (χ0v) is 15.6. The Balaban J connectivity index is -0.000000291. The lowest BCUT2D eigenvalue weighted by atomic mass is 10.0. The molecule has 0 saturated carbocycles. The van der Waals surface area contributed by atoms with Crippen molar-refractivity contribution in [1.82, 2.24) is 0 Å². The number of Topliss-reactive ketones (excluding diaryl/α,β-unsaturated/α-hetero) is 1. The Hall–Kier alpha value is -2.00. The number of carbonyl (C=O) groups excluding carboxylic acids is 1. The molecule has 25 heavy (non-hydrogen) atoms. The molecule has 0 aromatic rings. The van der Waals surface area contributed by atoms with E-state index in [0.29, 0.717) is 6.42 Å². The SMILES string of the molecule is CC(C)[C@H](N)C(=O)O.CCC(C)C(N)C(=O)O.CCCC(=O)C(=O)O. The molecule has 9 heteroatoms. The molecule has 2 unspecified atom stereocenters. The van der Waals surface area contributed by atoms with Crippen LogP contribution in [0.25, 0.3) is 0 Å². The van der Waals surface area contributed by atoms with Crippen LogP contribution in [-0.2, 0) is 19.2 Å². The van der Waals surface area contributed by atoms with Crippen LogP contribution in [0.1, 0.15) is 53.9 Å². The average molecular weight is 364 g/mol. The summed E-state index contributed by atoms with van der Waals surface area (Å²) in [5.74, 6) is -3.78. The standard InChI is InChI=1S/C6H13NO2.C5H11NO2.C5H8O3/c1-3-4(2)5(7)6(8)9;1-3(2)4(6)5(7)8;1-2-3-4(6)5(7)8/h4-5H,3,7H2,1-2H3,(H,8,9);3-4H,6H2,1-2H3,(H,7,8);2-3H2,1H3,(H,7,8)/t;4-;/m.0./s1. The highest BCUT2D eigenvalue weighted by Gasteiger charge is 2.17. The molecule has 0 bridgehead atoms. The molecule has 7 N–H and O–H groups in total. The number of rotatable bonds is 8. The van der Waals surface area contributed by atoms with Crippen LogP contribution in [0.2, 0.25) is 0 Å². The fourth-order valence-electron chi connectivity index (χ4n) is 1.12. The number of nitrogens with two attached hydrogens (primary N) is 2. The molecule has 0 aromatic heterocycles. The predicted octanol–water partition coefficient (Wildman–Crippen LogP) is 0.939. The molecule has 0 aliphatic carbocycles. The monoisotopic (exact) mass is 364 g/mol. The number of carboxylic acid groups (broad SMARTS) is 3. The molecule has 0 radical (unpaired) electrons. The summed E-state index contributed by atoms with van der Waals surface area (Å²) in [5.41, 5.74) is 10.4. The first-order chi connectivity index (χ1) is 11.3. The van der Waals surface area contributed by atoms with E-state index in [1.165, 1.54) is 0 Å². The van der Waals surface area contributed by atoms with Crippen LogP contribution >= 0.6 is 0 Å². The Morgan fingerprint density at radius 2 is 1.24 bits per heavy atom. The van der Waals surface area contributed by atoms with Gasteiger partial charge in [-0.05, 0) is 18.3 Å². The first-order valence-electron chi connectivity index (χ1n) is 8.06. The first kappa shape index (κ1) is 27.8. The van der Waals surface area contributed by atoms with Gasteiger partial charge in [0.05, 0.1) is 0 Å². The number of carboxylic acids is 3. The molecule has 0 spiro atoms. The van der Waals surface area contributed by atoms with Crippen LogP contribution < -0.4 is 11.5 Å². The summed E-state index contributed by atoms with van der Waals surface area (Å²) in [5, 5.41) is 24.5. The van der Waals surface area contributed by atoms with Crippen molar-refractivity contribution < 1.29 is 34.5 Å². The molecular weight excluding hydrogens is 332 g/mol. The van der Waals surface area contributed by atoms with Gasteiger partial charge in [0, 0.05) is 6.42 Å². The Kier molecular flexibility index (Phi) is 17.3. The van der Waals surface area contributed by atoms with Crippen LogP contribution in [-0.4, -0.2) is 51.1 Å². The maximum absolute atomic E-state index is 10.2. The van der Waals surface area contributed by atoms with Crippen molar-refractivity contribution in [1.29, 1.82) is 0 Å². The van der Waals surface area contributed by atoms with Crippen LogP contribution in [0, 0.1) is 11.8 Å². The largest absolute Gasteiger partial charge is 0.480 e. The number of hydrogen-bond donors (Lipinski definition) is 5. The quantitative estimate of drug-likeness (QED) is 0.391. The molecule has 0 heterocycles. The summed E-state index contributed by atoms with van der Waals surface area (Å²) in [6, 6.07) is -1.41. The van der Waals surface area contributed by atoms with Gasteiger partial charge < -0.3 is 26.8 Å². The van der Waals surface area contributed by atoms with E-state index < -0.39 is 35.8 Å². The van der Waals surface area contributed by atoms with Crippen LogP contribution in [0.15, 0.2) is 0 Å². The Morgan fingerprint density at radius 3 is 1.32 bits per heavy atom. The Morgan fingerprint density at radius 1 is 0.840 bits per heavy atom. The maximum Gasteiger partial charge on any atom is 0.372 e. The van der Waals surface area contributed by atoms with E-state index in [-0.39, 0.29) is 18.3 Å². The van der Waals surface area contributed by atoms with Crippen LogP contribution in [0.3, 0.4) is 0 Å². The lowest BCUT2D eigenvalue weighted by Gasteiger charge is -2.11. The summed E-state index contributed by atoms with van der Waals surface area (Å²) >= 11 is 0. The highest BCUT2D eigenvalue weighted by atomic mass is 16.4. The van der Waals surface area contributed by atoms with Gasteiger partial charge in [-0.3, -0.25) is 14.4 Å². The lowest BCUT2D eigenvalue weighted by molar-refractivity contribution is -0.149. The van der Waals surface area contributed by atoms with E-state index in [4.69, 9.17) is 26.8 Å². The Bertz CT molecular complexity index is 425. The van der Waals surface area contributed by atoms with E-state index in [1.807, 2.05) is 13.8 Å². The molecule has 0 amide bonds. The van der Waals surface area contributed by atoms with Crippen molar-refractivity contribution in [3.05, 3.63) is 0 Å². The van der Waals surface area contributed by atoms with Crippen molar-refractivity contribution in [3.63, 3.8) is 0 Å². The predicted molar refractivity (Wildman–Crippen MR) is 93.1 cm³/mol. The highest BCUT2D eigenvalue weighted by molar-refractivity contribution is 6.32. The van der Waals surface area contributed by atoms with Gasteiger partial charge in [-0.2, -0.15) is 0 Å². The van der Waals surface area contributed by atoms with Crippen molar-refractivity contribution in [2.75, 3.05) is 0 Å². The van der Waals surface area contributed by atoms with Gasteiger partial charge >= 0.3 is 17.9 Å². The third-order valence-electron chi connectivity index (χ3n) is 3.26. The minimum Gasteiger partial charge on any atom is -0.480 e. The lowest BCUT2D eigenvalue weighted by Crippen LogP contribution is -2.36. The summed E-state index contributed by atoms with van der Waals surface area (Å²) in [6.07, 6.45) is 1.56. The molecule has 0 saturated heterocycles. The zero-order chi connectivity index (χ0) is 20.7. The van der Waals surface area contributed by atoms with Gasteiger partial charge in [-0.15, -0.1) is 0 Å². The van der Waals surface area contributed by atoms with Gasteiger partial charge in [0.1, 0.15) is 12.1 Å². The van der Waals surface area contributed by atoms with E-state index in [0.717, 1.165) is 6.42 Å². The van der Waals surface area contributed by atoms with Gasteiger partial charge in [-0.1, -0.05) is 41.0 Å². The number of carbonyl (C=O) groups is 4. The second kappa shape index (κ2) is 15.5. The van der Waals surface area contributed by atoms with Gasteiger partial charge in [0.25, 0.3) is 0 Å². The van der Waals surface area contributed by atoms with E-state index in [9.17, 15) is 19.2 Å². The maximum atomic E-state index is 10.2. The van der Waals surface area contributed by atoms with E-state index in [2.05, 4.69) is 0 Å². The van der Waals surface area contributed by atoms with Crippen LogP contribution in [0.5, 0.6) is 0 Å². The van der Waals surface area contributed by atoms with Crippen molar-refractivity contribution >= 4 is 23.7 Å². The average Bonchev–Trinajstić information content (AvgIpc) is 2.53. The smallest absolute Gasteiger partial charge is 0.372 e. The summed E-state index contributed by atoms with van der Waals surface area (Å²) in [6.45, 7) is 9.07. The fourth-order valence-corrected chi connectivity index (χ4v) is 1.12. The summed E-state index contributed by atoms with van der Waals surface area (Å²) in [7, 11) is 0. The molecule has 148 valence electrons. The summed E-state index contributed by atoms with van der Waals surface area (Å²) < 4.78 is 0. The van der Waals surface area contributed by atoms with Gasteiger partial charge in [-0.25, -0.2) is 4.79 Å². The second-order valence-electron chi connectivity index (χ2n) is 5.84. The molecule has 0 fully saturated rings. The first-order valence-corrected chi connectivity index (χ1v) is 8.06. The number of hydrogen-bond acceptors (Lipinski definition) is 6. The van der Waals surface area contributed by atoms with Crippen molar-refractivity contribution in [3.8, 4) is 0 Å². The minimum atomic E-state index is -1.33. The van der Waals surface area contributed by atoms with E-state index >= 15 is 0 Å². The summed E-state index contributed by atoms with van der Waals surface area (Å²) in [4.78, 5) is 40.1. The molecule has 0 aliphatic heterocycles. The second-order valence-corrected chi connectivity index (χ2v) is 5.84. The third kappa shape index (κ3) is 16.6. The number of aliphatic carboxylic acids is 3. The zero-order valence-electron chi connectivity index (χ0n) is 15.6. The third-order valence-corrected chi connectivity index (χ3v) is 3.26. The highest BCUT2D eigenvalue weighted by Crippen LogP contribution is 2.04. The van der Waals surface area contributed by atoms with Crippen molar-refractivity contribution in [2.45, 2.75) is 66.0 Å². The molecule has 0 aliphatic rings. The van der Waals surface area contributed by atoms with E-state index in [1.54, 1.807) is 20.8 Å². The fraction of sp³-hybridized carbons (Fsp3) is 0.750. The normalized spacial score (nSPS) is 13.3. The van der Waals surface area contributed by atoms with Gasteiger partial charge in [0.15, 0.2) is 0 Å². The van der Waals surface area contributed by atoms with Crippen LogP contribution in [0.4, 0.5) is 0 Å². The molecule has 9 nitrogen and oxygen atoms in total. The Labute approximate surface area is 148 Å². The van der Waals surface area contributed by atoms with Gasteiger partial charge in [0.2, 0.25) is 5.78 Å². The van der Waals surface area contributed by atoms with Crippen molar-refractivity contribution in [2.24, 2.45) is 23.3 Å². The molecular formula is C16H32N2O7.